The van der Waals surface area contributed by atoms with E-state index in [9.17, 15) is 4.79 Å². The van der Waals surface area contributed by atoms with Gasteiger partial charge < -0.3 is 9.15 Å². The standard InChI is InChI=1S/C18H16ClNO3S2/c1-3-22-16(21)10-13-17(14-8-9-15(19)25-14)23-18(20-13)11-4-6-12(24-2)7-5-11/h4-9H,3,10H2,1-2H3. The molecule has 0 spiro atoms. The van der Waals surface area contributed by atoms with E-state index in [-0.39, 0.29) is 12.4 Å². The number of ether oxygens (including phenoxy) is 1. The van der Waals surface area contributed by atoms with Gasteiger partial charge in [-0.2, -0.15) is 0 Å². The maximum absolute atomic E-state index is 11.9. The van der Waals surface area contributed by atoms with Crippen LogP contribution in [0.2, 0.25) is 4.34 Å². The number of hydrogen-bond donors (Lipinski definition) is 0. The largest absolute Gasteiger partial charge is 0.466 e. The van der Waals surface area contributed by atoms with Crippen LogP contribution in [0.4, 0.5) is 0 Å². The second kappa shape index (κ2) is 8.08. The second-order valence-electron chi connectivity index (χ2n) is 5.11. The van der Waals surface area contributed by atoms with Crippen molar-refractivity contribution < 1.29 is 13.9 Å². The van der Waals surface area contributed by atoms with E-state index in [1.165, 1.54) is 11.3 Å². The highest BCUT2D eigenvalue weighted by Gasteiger charge is 2.20. The van der Waals surface area contributed by atoms with Gasteiger partial charge in [-0.15, -0.1) is 23.1 Å². The van der Waals surface area contributed by atoms with Gasteiger partial charge in [0.05, 0.1) is 27.9 Å². The Hall–Kier alpha value is -1.76. The van der Waals surface area contributed by atoms with Crippen molar-refractivity contribution in [3.05, 3.63) is 46.4 Å². The van der Waals surface area contributed by atoms with Crippen molar-refractivity contribution in [2.45, 2.75) is 18.2 Å². The zero-order valence-electron chi connectivity index (χ0n) is 13.7. The molecule has 2 heterocycles. The third-order valence-electron chi connectivity index (χ3n) is 3.45. The molecule has 0 atom stereocenters. The van der Waals surface area contributed by atoms with Crippen LogP contribution < -0.4 is 0 Å². The van der Waals surface area contributed by atoms with Crippen LogP contribution in [-0.2, 0) is 16.0 Å². The number of carbonyl (C=O) groups is 1. The fourth-order valence-electron chi connectivity index (χ4n) is 2.31. The molecular formula is C18H16ClNO3S2. The van der Waals surface area contributed by atoms with Crippen LogP contribution in [-0.4, -0.2) is 23.8 Å². The summed E-state index contributed by atoms with van der Waals surface area (Å²) < 4.78 is 11.7. The molecule has 2 aromatic heterocycles. The van der Waals surface area contributed by atoms with Crippen LogP contribution >= 0.6 is 34.7 Å². The summed E-state index contributed by atoms with van der Waals surface area (Å²) in [5.74, 6) is 0.712. The molecule has 4 nitrogen and oxygen atoms in total. The molecule has 3 aromatic rings. The van der Waals surface area contributed by atoms with Gasteiger partial charge in [-0.1, -0.05) is 11.6 Å². The lowest BCUT2D eigenvalue weighted by Crippen LogP contribution is -2.08. The molecule has 0 saturated carbocycles. The summed E-state index contributed by atoms with van der Waals surface area (Å²) in [6.07, 6.45) is 2.08. The molecule has 0 N–H and O–H groups in total. The summed E-state index contributed by atoms with van der Waals surface area (Å²) in [5, 5.41) is 0. The third kappa shape index (κ3) is 4.26. The van der Waals surface area contributed by atoms with Crippen LogP contribution in [0, 0.1) is 0 Å². The van der Waals surface area contributed by atoms with Crippen molar-refractivity contribution in [1.29, 1.82) is 0 Å². The average molecular weight is 394 g/mol. The highest BCUT2D eigenvalue weighted by Crippen LogP contribution is 2.36. The van der Waals surface area contributed by atoms with Crippen molar-refractivity contribution in [2.75, 3.05) is 12.9 Å². The first-order valence-electron chi connectivity index (χ1n) is 7.66. The van der Waals surface area contributed by atoms with E-state index in [0.717, 1.165) is 15.3 Å². The van der Waals surface area contributed by atoms with Crippen molar-refractivity contribution >= 4 is 40.7 Å². The Morgan fingerprint density at radius 2 is 2.04 bits per heavy atom. The predicted octanol–water partition coefficient (Wildman–Crippen LogP) is 5.55. The molecule has 7 heteroatoms. The minimum absolute atomic E-state index is 0.0606. The molecule has 25 heavy (non-hydrogen) atoms. The maximum atomic E-state index is 11.9. The second-order valence-corrected chi connectivity index (χ2v) is 7.70. The molecule has 0 aliphatic heterocycles. The summed E-state index contributed by atoms with van der Waals surface area (Å²) in [6.45, 7) is 2.11. The number of esters is 1. The van der Waals surface area contributed by atoms with Crippen LogP contribution in [0.1, 0.15) is 12.6 Å². The minimum atomic E-state index is -0.330. The SMILES string of the molecule is CCOC(=O)Cc1nc(-c2ccc(SC)cc2)oc1-c1ccc(Cl)s1. The molecule has 0 radical (unpaired) electrons. The first-order chi connectivity index (χ1) is 12.1. The quantitative estimate of drug-likeness (QED) is 0.406. The van der Waals surface area contributed by atoms with E-state index in [4.69, 9.17) is 20.8 Å². The molecule has 1 aromatic carbocycles. The average Bonchev–Trinajstić information content (AvgIpc) is 3.21. The number of thiophene rings is 1. The Morgan fingerprint density at radius 1 is 1.28 bits per heavy atom. The fourth-order valence-corrected chi connectivity index (χ4v) is 3.76. The zero-order valence-corrected chi connectivity index (χ0v) is 16.1. The lowest BCUT2D eigenvalue weighted by Gasteiger charge is -2.00. The number of nitrogens with zero attached hydrogens (tertiary/aromatic N) is 1. The van der Waals surface area contributed by atoms with E-state index in [2.05, 4.69) is 4.98 Å². The number of oxazole rings is 1. The topological polar surface area (TPSA) is 52.3 Å². The number of thioether (sulfide) groups is 1. The molecule has 0 saturated heterocycles. The minimum Gasteiger partial charge on any atom is -0.466 e. The smallest absolute Gasteiger partial charge is 0.312 e. The molecule has 0 amide bonds. The highest BCUT2D eigenvalue weighted by atomic mass is 35.5. The van der Waals surface area contributed by atoms with E-state index in [1.807, 2.05) is 36.6 Å². The Kier molecular flexibility index (Phi) is 5.83. The molecule has 0 unspecified atom stereocenters. The van der Waals surface area contributed by atoms with Crippen molar-refractivity contribution in [1.82, 2.24) is 4.98 Å². The number of aromatic nitrogens is 1. The van der Waals surface area contributed by atoms with E-state index < -0.39 is 0 Å². The normalized spacial score (nSPS) is 10.8. The van der Waals surface area contributed by atoms with Gasteiger partial charge in [-0.3, -0.25) is 4.79 Å². The zero-order chi connectivity index (χ0) is 17.8. The molecule has 0 fully saturated rings. The predicted molar refractivity (Wildman–Crippen MR) is 102 cm³/mol. The van der Waals surface area contributed by atoms with Gasteiger partial charge in [0.2, 0.25) is 5.89 Å². The van der Waals surface area contributed by atoms with Crippen molar-refractivity contribution in [3.8, 4) is 22.1 Å². The summed E-state index contributed by atoms with van der Waals surface area (Å²) in [5.41, 5.74) is 1.41. The summed E-state index contributed by atoms with van der Waals surface area (Å²) in [4.78, 5) is 18.4. The molecule has 0 bridgehead atoms. The van der Waals surface area contributed by atoms with Gasteiger partial charge in [0, 0.05) is 10.5 Å². The van der Waals surface area contributed by atoms with Crippen LogP contribution in [0.5, 0.6) is 0 Å². The third-order valence-corrected chi connectivity index (χ3v) is 5.42. The summed E-state index contributed by atoms with van der Waals surface area (Å²) in [6, 6.07) is 11.6. The van der Waals surface area contributed by atoms with Gasteiger partial charge in [0.15, 0.2) is 5.76 Å². The molecule has 130 valence electrons. The van der Waals surface area contributed by atoms with Gasteiger partial charge >= 0.3 is 5.97 Å². The van der Waals surface area contributed by atoms with E-state index >= 15 is 0 Å². The van der Waals surface area contributed by atoms with Gasteiger partial charge in [-0.05, 0) is 49.6 Å². The fraction of sp³-hybridized carbons (Fsp3) is 0.222. The maximum Gasteiger partial charge on any atom is 0.312 e. The Balaban J connectivity index is 1.99. The van der Waals surface area contributed by atoms with Crippen molar-refractivity contribution in [3.63, 3.8) is 0 Å². The van der Waals surface area contributed by atoms with Crippen LogP contribution in [0.25, 0.3) is 22.1 Å². The lowest BCUT2D eigenvalue weighted by atomic mass is 10.2. The number of rotatable bonds is 6. The number of carbonyl (C=O) groups excluding carboxylic acids is 1. The first kappa shape index (κ1) is 18.0. The van der Waals surface area contributed by atoms with Crippen molar-refractivity contribution in [2.24, 2.45) is 0 Å². The first-order valence-corrected chi connectivity index (χ1v) is 10.1. The van der Waals surface area contributed by atoms with Gasteiger partial charge in [0.1, 0.15) is 0 Å². The molecule has 0 aliphatic rings. The molecule has 3 rings (SSSR count). The van der Waals surface area contributed by atoms with E-state index in [1.54, 1.807) is 24.8 Å². The number of benzene rings is 1. The number of halogens is 1. The van der Waals surface area contributed by atoms with Gasteiger partial charge in [-0.25, -0.2) is 4.98 Å². The van der Waals surface area contributed by atoms with Gasteiger partial charge in [0.25, 0.3) is 0 Å². The highest BCUT2D eigenvalue weighted by molar-refractivity contribution is 7.98. The monoisotopic (exact) mass is 393 g/mol. The Morgan fingerprint density at radius 3 is 2.64 bits per heavy atom. The number of hydrogen-bond acceptors (Lipinski definition) is 6. The summed E-state index contributed by atoms with van der Waals surface area (Å²) >= 11 is 9.09. The van der Waals surface area contributed by atoms with Crippen LogP contribution in [0.15, 0.2) is 45.7 Å². The molecular weight excluding hydrogens is 378 g/mol. The molecule has 0 aliphatic carbocycles. The Labute approximate surface area is 159 Å². The lowest BCUT2D eigenvalue weighted by molar-refractivity contribution is -0.142. The van der Waals surface area contributed by atoms with E-state index in [0.29, 0.717) is 28.3 Å². The Bertz CT molecular complexity index is 871. The van der Waals surface area contributed by atoms with Crippen LogP contribution in [0.3, 0.4) is 0 Å². The summed E-state index contributed by atoms with van der Waals surface area (Å²) in [7, 11) is 0.